The van der Waals surface area contributed by atoms with Gasteiger partial charge < -0.3 is 19.3 Å². The molecular formula is C20H16N4O3. The van der Waals surface area contributed by atoms with Crippen LogP contribution in [0.15, 0.2) is 53.3 Å². The van der Waals surface area contributed by atoms with Gasteiger partial charge in [-0.2, -0.15) is 4.98 Å². The Morgan fingerprint density at radius 3 is 2.85 bits per heavy atom. The molecule has 0 amide bonds. The van der Waals surface area contributed by atoms with E-state index < -0.39 is 0 Å². The molecule has 5 rings (SSSR count). The molecule has 0 bridgehead atoms. The summed E-state index contributed by atoms with van der Waals surface area (Å²) in [5.74, 6) is 2.20. The third-order valence-corrected chi connectivity index (χ3v) is 4.57. The Morgan fingerprint density at radius 2 is 1.93 bits per heavy atom. The van der Waals surface area contributed by atoms with Crippen LogP contribution in [0.4, 0.5) is 5.82 Å². The molecule has 0 atom stereocenters. The highest BCUT2D eigenvalue weighted by molar-refractivity contribution is 5.98. The van der Waals surface area contributed by atoms with Crippen molar-refractivity contribution in [3.63, 3.8) is 0 Å². The molecule has 1 aliphatic heterocycles. The lowest BCUT2D eigenvalue weighted by atomic mass is 10.0. The summed E-state index contributed by atoms with van der Waals surface area (Å²) >= 11 is 0. The summed E-state index contributed by atoms with van der Waals surface area (Å²) in [6, 6.07) is 13.9. The normalized spacial score (nSPS) is 12.5. The predicted octanol–water partition coefficient (Wildman–Crippen LogP) is 3.93. The van der Waals surface area contributed by atoms with Crippen molar-refractivity contribution in [2.45, 2.75) is 13.5 Å². The van der Waals surface area contributed by atoms with Crippen molar-refractivity contribution < 1.29 is 14.0 Å². The topological polar surface area (TPSA) is 82.3 Å². The third kappa shape index (κ3) is 2.73. The van der Waals surface area contributed by atoms with E-state index in [-0.39, 0.29) is 6.79 Å². The number of hydrogen-bond acceptors (Lipinski definition) is 7. The molecule has 1 N–H and O–H groups in total. The molecule has 7 heteroatoms. The first-order valence-corrected chi connectivity index (χ1v) is 8.58. The number of nitrogens with one attached hydrogen (secondary N) is 1. The van der Waals surface area contributed by atoms with E-state index in [9.17, 15) is 0 Å². The lowest BCUT2D eigenvalue weighted by Gasteiger charge is -2.08. The van der Waals surface area contributed by atoms with E-state index in [4.69, 9.17) is 14.0 Å². The van der Waals surface area contributed by atoms with Crippen molar-refractivity contribution in [1.29, 1.82) is 0 Å². The van der Waals surface area contributed by atoms with Crippen LogP contribution in [0.1, 0.15) is 11.1 Å². The van der Waals surface area contributed by atoms with Gasteiger partial charge in [0.15, 0.2) is 11.5 Å². The maximum Gasteiger partial charge on any atom is 0.263 e. The van der Waals surface area contributed by atoms with E-state index in [1.54, 1.807) is 0 Å². The summed E-state index contributed by atoms with van der Waals surface area (Å²) in [4.78, 5) is 8.61. The summed E-state index contributed by atoms with van der Waals surface area (Å²) < 4.78 is 16.2. The molecule has 3 heterocycles. The molecule has 0 saturated heterocycles. The van der Waals surface area contributed by atoms with E-state index in [0.29, 0.717) is 18.1 Å². The molecule has 0 radical (unpaired) electrons. The summed E-state index contributed by atoms with van der Waals surface area (Å²) in [5.41, 5.74) is 4.35. The SMILES string of the molecule is Cc1ccccc1-c1noc2ncnc(NCc3ccc4c(c3)OCO4)c12. The van der Waals surface area contributed by atoms with E-state index in [1.807, 2.05) is 49.4 Å². The first kappa shape index (κ1) is 15.6. The second-order valence-corrected chi connectivity index (χ2v) is 6.29. The molecule has 0 unspecified atom stereocenters. The smallest absolute Gasteiger partial charge is 0.263 e. The lowest BCUT2D eigenvalue weighted by Crippen LogP contribution is -2.02. The predicted molar refractivity (Wildman–Crippen MR) is 99.7 cm³/mol. The average molecular weight is 360 g/mol. The Bertz CT molecular complexity index is 1140. The van der Waals surface area contributed by atoms with Gasteiger partial charge in [0, 0.05) is 12.1 Å². The highest BCUT2D eigenvalue weighted by Crippen LogP contribution is 2.34. The number of fused-ring (bicyclic) bond motifs is 2. The zero-order chi connectivity index (χ0) is 18.2. The zero-order valence-electron chi connectivity index (χ0n) is 14.6. The molecule has 27 heavy (non-hydrogen) atoms. The Balaban J connectivity index is 1.50. The van der Waals surface area contributed by atoms with Gasteiger partial charge >= 0.3 is 0 Å². The van der Waals surface area contributed by atoms with Crippen LogP contribution in [0, 0.1) is 6.92 Å². The second-order valence-electron chi connectivity index (χ2n) is 6.29. The van der Waals surface area contributed by atoms with Gasteiger partial charge in [-0.3, -0.25) is 0 Å². The van der Waals surface area contributed by atoms with Gasteiger partial charge in [0.25, 0.3) is 5.71 Å². The van der Waals surface area contributed by atoms with Gasteiger partial charge in [0.1, 0.15) is 23.2 Å². The van der Waals surface area contributed by atoms with Gasteiger partial charge in [0.2, 0.25) is 6.79 Å². The van der Waals surface area contributed by atoms with Crippen molar-refractivity contribution in [2.75, 3.05) is 12.1 Å². The Labute approximate surface area is 154 Å². The minimum atomic E-state index is 0.263. The van der Waals surface area contributed by atoms with Crippen LogP contribution in [0.2, 0.25) is 0 Å². The quantitative estimate of drug-likeness (QED) is 0.590. The van der Waals surface area contributed by atoms with Gasteiger partial charge in [-0.25, -0.2) is 4.98 Å². The van der Waals surface area contributed by atoms with Crippen molar-refractivity contribution in [1.82, 2.24) is 15.1 Å². The first-order chi connectivity index (χ1) is 13.3. The number of aryl methyl sites for hydroxylation is 1. The number of aromatic nitrogens is 3. The fourth-order valence-electron chi connectivity index (χ4n) is 3.18. The third-order valence-electron chi connectivity index (χ3n) is 4.57. The van der Waals surface area contributed by atoms with Gasteiger partial charge in [0.05, 0.1) is 0 Å². The largest absolute Gasteiger partial charge is 0.454 e. The summed E-state index contributed by atoms with van der Waals surface area (Å²) in [6.07, 6.45) is 1.47. The maximum atomic E-state index is 5.44. The molecule has 134 valence electrons. The molecule has 0 aliphatic carbocycles. The fraction of sp³-hybridized carbons (Fsp3) is 0.150. The van der Waals surface area contributed by atoms with Crippen LogP contribution >= 0.6 is 0 Å². The average Bonchev–Trinajstić information content (AvgIpc) is 3.33. The summed E-state index contributed by atoms with van der Waals surface area (Å²) in [5, 5.41) is 8.37. The Morgan fingerprint density at radius 1 is 1.04 bits per heavy atom. The van der Waals surface area contributed by atoms with Crippen LogP contribution in [-0.4, -0.2) is 21.9 Å². The number of benzene rings is 2. The maximum absolute atomic E-state index is 5.44. The molecule has 0 fully saturated rings. The molecule has 2 aromatic carbocycles. The van der Waals surface area contributed by atoms with Gasteiger partial charge in [-0.05, 0) is 30.2 Å². The van der Waals surface area contributed by atoms with Crippen LogP contribution in [0.5, 0.6) is 11.5 Å². The summed E-state index contributed by atoms with van der Waals surface area (Å²) in [7, 11) is 0. The van der Waals surface area contributed by atoms with Crippen LogP contribution < -0.4 is 14.8 Å². The van der Waals surface area contributed by atoms with Gasteiger partial charge in [-0.1, -0.05) is 35.5 Å². The van der Waals surface area contributed by atoms with Crippen LogP contribution in [0.3, 0.4) is 0 Å². The van der Waals surface area contributed by atoms with Crippen molar-refractivity contribution in [3.05, 3.63) is 59.9 Å². The number of anilines is 1. The van der Waals surface area contributed by atoms with Gasteiger partial charge in [-0.15, -0.1) is 0 Å². The summed E-state index contributed by atoms with van der Waals surface area (Å²) in [6.45, 7) is 2.87. The lowest BCUT2D eigenvalue weighted by molar-refractivity contribution is 0.174. The van der Waals surface area contributed by atoms with Crippen molar-refractivity contribution >= 4 is 16.9 Å². The Kier molecular flexibility index (Phi) is 3.64. The molecule has 1 aliphatic rings. The number of rotatable bonds is 4. The standard InChI is InChI=1S/C20H16N4O3/c1-12-4-2-3-5-14(12)18-17-19(22-10-23-20(17)27-24-18)21-9-13-6-7-15-16(8-13)26-11-25-15/h2-8,10H,9,11H2,1H3,(H,21,22,23). The minimum absolute atomic E-state index is 0.263. The van der Waals surface area contributed by atoms with Crippen LogP contribution in [-0.2, 0) is 6.54 Å². The van der Waals surface area contributed by atoms with E-state index in [1.165, 1.54) is 6.33 Å². The van der Waals surface area contributed by atoms with E-state index in [0.717, 1.165) is 39.3 Å². The minimum Gasteiger partial charge on any atom is -0.454 e. The van der Waals surface area contributed by atoms with Crippen molar-refractivity contribution in [2.24, 2.45) is 0 Å². The number of hydrogen-bond donors (Lipinski definition) is 1. The highest BCUT2D eigenvalue weighted by Gasteiger charge is 2.18. The Hall–Kier alpha value is -3.61. The number of nitrogens with zero attached hydrogens (tertiary/aromatic N) is 3. The zero-order valence-corrected chi connectivity index (χ0v) is 14.6. The monoisotopic (exact) mass is 360 g/mol. The fourth-order valence-corrected chi connectivity index (χ4v) is 3.18. The molecular weight excluding hydrogens is 344 g/mol. The molecule has 0 spiro atoms. The number of ether oxygens (including phenoxy) is 2. The van der Waals surface area contributed by atoms with Crippen molar-refractivity contribution in [3.8, 4) is 22.8 Å². The molecule has 2 aromatic heterocycles. The molecule has 4 aromatic rings. The first-order valence-electron chi connectivity index (χ1n) is 8.58. The highest BCUT2D eigenvalue weighted by atomic mass is 16.7. The molecule has 0 saturated carbocycles. The second kappa shape index (κ2) is 6.28. The van der Waals surface area contributed by atoms with E-state index >= 15 is 0 Å². The molecule has 7 nitrogen and oxygen atoms in total. The van der Waals surface area contributed by atoms with Crippen LogP contribution in [0.25, 0.3) is 22.4 Å². The van der Waals surface area contributed by atoms with E-state index in [2.05, 4.69) is 20.4 Å².